The molecular weight excluding hydrogens is 234 g/mol. The van der Waals surface area contributed by atoms with Crippen molar-refractivity contribution in [1.29, 1.82) is 0 Å². The first-order chi connectivity index (χ1) is 3.66. The second-order valence-corrected chi connectivity index (χ2v) is 4.11. The third-order valence-corrected chi connectivity index (χ3v) is 3.10. The number of rotatable bonds is 3. The lowest BCUT2D eigenvalue weighted by Crippen LogP contribution is -3.06. The van der Waals surface area contributed by atoms with Gasteiger partial charge in [0.05, 0.1) is 25.5 Å². The van der Waals surface area contributed by atoms with Gasteiger partial charge in [-0.1, -0.05) is 31.9 Å². The van der Waals surface area contributed by atoms with E-state index in [1.165, 1.54) is 11.4 Å². The molecule has 0 aromatic rings. The van der Waals surface area contributed by atoms with E-state index in [1.807, 2.05) is 0 Å². The zero-order chi connectivity index (χ0) is 6.57. The van der Waals surface area contributed by atoms with E-state index >= 15 is 0 Å². The Balaban J connectivity index is 3.10. The highest BCUT2D eigenvalue weighted by atomic mass is 79.9. The summed E-state index contributed by atoms with van der Waals surface area (Å²) < 4.78 is 0. The number of hydrogen-bond donors (Lipinski definition) is 1. The van der Waals surface area contributed by atoms with E-state index in [0.29, 0.717) is 4.83 Å². The molecule has 0 bridgehead atoms. The van der Waals surface area contributed by atoms with Crippen LogP contribution in [0.5, 0.6) is 0 Å². The van der Waals surface area contributed by atoms with Crippen LogP contribution >= 0.6 is 31.9 Å². The number of quaternary nitrogens is 1. The average molecular weight is 246 g/mol. The van der Waals surface area contributed by atoms with Crippen molar-refractivity contribution in [1.82, 2.24) is 0 Å². The number of halogens is 2. The Morgan fingerprint density at radius 1 is 1.50 bits per heavy atom. The van der Waals surface area contributed by atoms with Gasteiger partial charge in [0.1, 0.15) is 0 Å². The first-order valence-corrected chi connectivity index (χ1v) is 4.69. The van der Waals surface area contributed by atoms with Gasteiger partial charge in [-0.2, -0.15) is 0 Å². The molecule has 1 N–H and O–H groups in total. The molecule has 1 atom stereocenters. The van der Waals surface area contributed by atoms with Crippen molar-refractivity contribution >= 4 is 31.9 Å². The Hall–Kier alpha value is 0.920. The molecule has 0 rings (SSSR count). The molecule has 0 spiro atoms. The summed E-state index contributed by atoms with van der Waals surface area (Å²) >= 11 is 6.89. The van der Waals surface area contributed by atoms with Gasteiger partial charge >= 0.3 is 0 Å². The maximum atomic E-state index is 3.51. The smallest absolute Gasteiger partial charge is 0.0902 e. The third kappa shape index (κ3) is 5.06. The van der Waals surface area contributed by atoms with Gasteiger partial charge in [-0.25, -0.2) is 0 Å². The summed E-state index contributed by atoms with van der Waals surface area (Å²) in [5, 5.41) is 1.04. The number of nitrogens with one attached hydrogen (secondary N) is 1. The molecule has 0 radical (unpaired) electrons. The van der Waals surface area contributed by atoms with Crippen molar-refractivity contribution in [2.24, 2.45) is 0 Å². The minimum absolute atomic E-state index is 0.618. The van der Waals surface area contributed by atoms with Gasteiger partial charge in [-0.3, -0.25) is 0 Å². The zero-order valence-electron chi connectivity index (χ0n) is 5.25. The van der Waals surface area contributed by atoms with Crippen molar-refractivity contribution in [3.8, 4) is 0 Å². The van der Waals surface area contributed by atoms with E-state index in [9.17, 15) is 0 Å². The number of hydrogen-bond acceptors (Lipinski definition) is 0. The van der Waals surface area contributed by atoms with Gasteiger partial charge in [-0.15, -0.1) is 0 Å². The summed E-state index contributed by atoms with van der Waals surface area (Å²) in [6.45, 7) is 1.17. The normalized spacial score (nSPS) is 14.6. The third-order valence-electron chi connectivity index (χ3n) is 0.797. The van der Waals surface area contributed by atoms with Gasteiger partial charge in [0.25, 0.3) is 0 Å². The Labute approximate surface area is 67.7 Å². The topological polar surface area (TPSA) is 4.44 Å². The van der Waals surface area contributed by atoms with Crippen molar-refractivity contribution in [3.63, 3.8) is 0 Å². The van der Waals surface area contributed by atoms with Gasteiger partial charge in [-0.05, 0) is 0 Å². The Kier molecular flexibility index (Phi) is 5.31. The fourth-order valence-electron chi connectivity index (χ4n) is 0.498. The van der Waals surface area contributed by atoms with Crippen LogP contribution in [0.3, 0.4) is 0 Å². The van der Waals surface area contributed by atoms with Gasteiger partial charge in [0.15, 0.2) is 0 Å². The lowest BCUT2D eigenvalue weighted by atomic mass is 10.5. The minimum atomic E-state index is 0.618. The maximum absolute atomic E-state index is 3.51. The molecule has 0 saturated carbocycles. The van der Waals surface area contributed by atoms with E-state index in [0.717, 1.165) is 5.33 Å². The quantitative estimate of drug-likeness (QED) is 0.682. The predicted octanol–water partition coefficient (Wildman–Crippen LogP) is 0.289. The highest BCUT2D eigenvalue weighted by molar-refractivity contribution is 9.12. The van der Waals surface area contributed by atoms with Crippen LogP contribution in [-0.4, -0.2) is 30.8 Å². The van der Waals surface area contributed by atoms with Crippen LogP contribution in [0.4, 0.5) is 0 Å². The average Bonchev–Trinajstić information content (AvgIpc) is 1.65. The van der Waals surface area contributed by atoms with Crippen LogP contribution in [0.1, 0.15) is 0 Å². The zero-order valence-corrected chi connectivity index (χ0v) is 8.42. The second-order valence-electron chi connectivity index (χ2n) is 2.16. The van der Waals surface area contributed by atoms with Gasteiger partial charge < -0.3 is 4.90 Å². The molecule has 0 aromatic heterocycles. The molecule has 0 amide bonds. The standard InChI is InChI=1S/C5H11Br2N/c1-8(2)4-5(7)3-6/h5H,3-4H2,1-2H3/p+1. The number of alkyl halides is 2. The van der Waals surface area contributed by atoms with Crippen LogP contribution in [-0.2, 0) is 0 Å². The Bertz CT molecular complexity index is 56.4. The highest BCUT2D eigenvalue weighted by Crippen LogP contribution is 1.98. The summed E-state index contributed by atoms with van der Waals surface area (Å²) in [4.78, 5) is 2.10. The Morgan fingerprint density at radius 3 is 2.12 bits per heavy atom. The van der Waals surface area contributed by atoms with E-state index < -0.39 is 0 Å². The molecule has 0 aliphatic rings. The molecule has 0 fully saturated rings. The summed E-state index contributed by atoms with van der Waals surface area (Å²) in [7, 11) is 4.30. The fourth-order valence-corrected chi connectivity index (χ4v) is 1.37. The van der Waals surface area contributed by atoms with Crippen LogP contribution < -0.4 is 4.90 Å². The summed E-state index contributed by atoms with van der Waals surface area (Å²) in [5.41, 5.74) is 0. The van der Waals surface area contributed by atoms with Crippen LogP contribution in [0.15, 0.2) is 0 Å². The molecule has 50 valence electrons. The molecule has 1 unspecified atom stereocenters. The van der Waals surface area contributed by atoms with Crippen LogP contribution in [0.2, 0.25) is 0 Å². The van der Waals surface area contributed by atoms with Crippen molar-refractivity contribution < 1.29 is 4.90 Å². The van der Waals surface area contributed by atoms with Gasteiger partial charge in [0.2, 0.25) is 0 Å². The van der Waals surface area contributed by atoms with E-state index in [1.54, 1.807) is 0 Å². The summed E-state index contributed by atoms with van der Waals surface area (Å²) in [6, 6.07) is 0. The monoisotopic (exact) mass is 244 g/mol. The largest absolute Gasteiger partial charge is 0.339 e. The van der Waals surface area contributed by atoms with Crippen molar-refractivity contribution in [2.75, 3.05) is 26.0 Å². The summed E-state index contributed by atoms with van der Waals surface area (Å²) in [5.74, 6) is 0. The van der Waals surface area contributed by atoms with Gasteiger partial charge in [0, 0.05) is 5.33 Å². The maximum Gasteiger partial charge on any atom is 0.0902 e. The molecule has 0 heterocycles. The first kappa shape index (κ1) is 8.92. The van der Waals surface area contributed by atoms with Crippen molar-refractivity contribution in [2.45, 2.75) is 4.83 Å². The molecule has 0 saturated heterocycles. The van der Waals surface area contributed by atoms with E-state index in [4.69, 9.17) is 0 Å². The second kappa shape index (κ2) is 4.77. The Morgan fingerprint density at radius 2 is 2.00 bits per heavy atom. The lowest BCUT2D eigenvalue weighted by Gasteiger charge is -2.09. The van der Waals surface area contributed by atoms with Crippen molar-refractivity contribution in [3.05, 3.63) is 0 Å². The lowest BCUT2D eigenvalue weighted by molar-refractivity contribution is -0.857. The SMILES string of the molecule is C[NH+](C)CC(Br)CBr. The molecule has 0 aliphatic carbocycles. The van der Waals surface area contributed by atoms with E-state index in [-0.39, 0.29) is 0 Å². The fraction of sp³-hybridized carbons (Fsp3) is 1.00. The van der Waals surface area contributed by atoms with E-state index in [2.05, 4.69) is 46.0 Å². The minimum Gasteiger partial charge on any atom is -0.339 e. The molecule has 8 heavy (non-hydrogen) atoms. The highest BCUT2D eigenvalue weighted by Gasteiger charge is 2.03. The molecular formula is C5H12Br2N+. The predicted molar refractivity (Wildman–Crippen MR) is 44.2 cm³/mol. The molecule has 3 heteroatoms. The molecule has 0 aliphatic heterocycles. The summed E-state index contributed by atoms with van der Waals surface area (Å²) in [6.07, 6.45) is 0. The van der Waals surface area contributed by atoms with Crippen LogP contribution in [0, 0.1) is 0 Å². The van der Waals surface area contributed by atoms with Crippen LogP contribution in [0.25, 0.3) is 0 Å². The molecule has 1 nitrogen and oxygen atoms in total. The first-order valence-electron chi connectivity index (χ1n) is 2.66. The molecule has 0 aromatic carbocycles.